The normalized spacial score (nSPS) is 27.3. The molecule has 0 radical (unpaired) electrons. The predicted octanol–water partition coefficient (Wildman–Crippen LogP) is 2.47. The molecule has 0 unspecified atom stereocenters. The average Bonchev–Trinajstić information content (AvgIpc) is 3.04. The lowest BCUT2D eigenvalue weighted by molar-refractivity contribution is -0.203. The van der Waals surface area contributed by atoms with Crippen molar-refractivity contribution in [2.24, 2.45) is 5.92 Å². The van der Waals surface area contributed by atoms with Crippen LogP contribution in [0.25, 0.3) is 0 Å². The summed E-state index contributed by atoms with van der Waals surface area (Å²) in [5.74, 6) is -0.453. The average molecular weight is 371 g/mol. The van der Waals surface area contributed by atoms with Crippen LogP contribution < -0.4 is 0 Å². The molecule has 0 amide bonds. The highest BCUT2D eigenvalue weighted by Gasteiger charge is 2.31. The molecule has 7 heteroatoms. The highest BCUT2D eigenvalue weighted by atomic mass is 16.7. The Balaban J connectivity index is 1.67. The van der Waals surface area contributed by atoms with Crippen LogP contribution in [0.4, 0.5) is 0 Å². The fourth-order valence-electron chi connectivity index (χ4n) is 3.53. The van der Waals surface area contributed by atoms with Gasteiger partial charge >= 0.3 is 11.9 Å². The largest absolute Gasteiger partial charge is 0.469 e. The number of carbonyl (C=O) groups is 2. The molecule has 26 heavy (non-hydrogen) atoms. The Morgan fingerprint density at radius 3 is 2.38 bits per heavy atom. The van der Waals surface area contributed by atoms with E-state index in [9.17, 15) is 9.59 Å². The van der Waals surface area contributed by atoms with E-state index in [0.717, 1.165) is 45.1 Å². The third kappa shape index (κ3) is 6.85. The van der Waals surface area contributed by atoms with E-state index < -0.39 is 5.60 Å². The van der Waals surface area contributed by atoms with Crippen molar-refractivity contribution >= 4 is 11.9 Å². The van der Waals surface area contributed by atoms with Crippen molar-refractivity contribution in [3.05, 3.63) is 0 Å². The summed E-state index contributed by atoms with van der Waals surface area (Å²) in [4.78, 5) is 29.0. The van der Waals surface area contributed by atoms with Crippen molar-refractivity contribution in [2.45, 2.75) is 77.0 Å². The first kappa shape index (κ1) is 21.1. The maximum atomic E-state index is 11.8. The van der Waals surface area contributed by atoms with Gasteiger partial charge in [-0.2, -0.15) is 5.06 Å². The molecule has 7 nitrogen and oxygen atoms in total. The van der Waals surface area contributed by atoms with E-state index in [4.69, 9.17) is 19.0 Å². The zero-order valence-electron chi connectivity index (χ0n) is 16.5. The molecule has 0 aromatic heterocycles. The Bertz CT molecular complexity index is 467. The highest BCUT2D eigenvalue weighted by Crippen LogP contribution is 2.28. The number of ether oxygens (including phenoxy) is 3. The van der Waals surface area contributed by atoms with Crippen LogP contribution in [0.3, 0.4) is 0 Å². The van der Waals surface area contributed by atoms with Crippen LogP contribution in [0.2, 0.25) is 0 Å². The smallest absolute Gasteiger partial charge is 0.334 e. The van der Waals surface area contributed by atoms with Gasteiger partial charge in [0.15, 0.2) is 6.61 Å². The van der Waals surface area contributed by atoms with Crippen LogP contribution in [0.5, 0.6) is 0 Å². The molecule has 1 saturated heterocycles. The molecule has 1 atom stereocenters. The molecule has 0 N–H and O–H groups in total. The summed E-state index contributed by atoms with van der Waals surface area (Å²) < 4.78 is 16.1. The van der Waals surface area contributed by atoms with E-state index in [1.807, 2.05) is 25.8 Å². The summed E-state index contributed by atoms with van der Waals surface area (Å²) in [5.41, 5.74) is -0.503. The second kappa shape index (κ2) is 9.67. The number of methoxy groups -OCH3 is 1. The first-order valence-corrected chi connectivity index (χ1v) is 9.59. The van der Waals surface area contributed by atoms with Gasteiger partial charge in [0.1, 0.15) is 5.60 Å². The lowest BCUT2D eigenvalue weighted by atomic mass is 9.87. The summed E-state index contributed by atoms with van der Waals surface area (Å²) >= 11 is 0. The molecule has 150 valence electrons. The van der Waals surface area contributed by atoms with E-state index in [1.165, 1.54) is 7.11 Å². The maximum absolute atomic E-state index is 11.8. The van der Waals surface area contributed by atoms with Gasteiger partial charge in [-0.3, -0.25) is 9.63 Å². The van der Waals surface area contributed by atoms with Gasteiger partial charge in [0.25, 0.3) is 0 Å². The van der Waals surface area contributed by atoms with Gasteiger partial charge in [0.05, 0.1) is 31.8 Å². The Hall–Kier alpha value is -1.18. The lowest BCUT2D eigenvalue weighted by Gasteiger charge is -2.30. The summed E-state index contributed by atoms with van der Waals surface area (Å²) in [5, 5.41) is 1.85. The van der Waals surface area contributed by atoms with Crippen molar-refractivity contribution in [2.75, 3.05) is 26.9 Å². The number of esters is 2. The van der Waals surface area contributed by atoms with Gasteiger partial charge in [-0.05, 0) is 59.3 Å². The van der Waals surface area contributed by atoms with Gasteiger partial charge in [-0.15, -0.1) is 0 Å². The third-order valence-electron chi connectivity index (χ3n) is 4.82. The molecule has 2 rings (SSSR count). The summed E-state index contributed by atoms with van der Waals surface area (Å²) in [6.45, 7) is 6.83. The van der Waals surface area contributed by atoms with Crippen LogP contribution >= 0.6 is 0 Å². The van der Waals surface area contributed by atoms with Crippen molar-refractivity contribution in [1.82, 2.24) is 5.06 Å². The maximum Gasteiger partial charge on any atom is 0.334 e. The van der Waals surface area contributed by atoms with Gasteiger partial charge in [-0.1, -0.05) is 0 Å². The predicted molar refractivity (Wildman–Crippen MR) is 95.2 cm³/mol. The standard InChI is InChI=1S/C19H33NO6/c1-19(2,3)26-17(21)13-25-20-11-5-6-15(20)12-24-16-9-7-14(8-10-16)18(22)23-4/h14-16H,5-13H2,1-4H3/t14-,15-,16-/m0/s1. The SMILES string of the molecule is COC(=O)[C@H]1CC[C@H](OC[C@@H]2CCCN2OCC(=O)OC(C)(C)C)CC1. The molecular weight excluding hydrogens is 338 g/mol. The van der Waals surface area contributed by atoms with Crippen molar-refractivity contribution in [3.63, 3.8) is 0 Å². The number of rotatable bonds is 7. The van der Waals surface area contributed by atoms with Crippen LogP contribution in [0.15, 0.2) is 0 Å². The number of hydroxylamine groups is 2. The van der Waals surface area contributed by atoms with E-state index in [1.54, 1.807) is 0 Å². The number of hydrogen-bond donors (Lipinski definition) is 0. The number of hydrogen-bond acceptors (Lipinski definition) is 7. The van der Waals surface area contributed by atoms with Gasteiger partial charge in [0.2, 0.25) is 0 Å². The second-order valence-corrected chi connectivity index (χ2v) is 8.13. The summed E-state index contributed by atoms with van der Waals surface area (Å²) in [6, 6.07) is 0.163. The minimum atomic E-state index is -0.503. The Morgan fingerprint density at radius 1 is 1.08 bits per heavy atom. The van der Waals surface area contributed by atoms with Crippen LogP contribution in [0, 0.1) is 5.92 Å². The second-order valence-electron chi connectivity index (χ2n) is 8.13. The number of carbonyl (C=O) groups excluding carboxylic acids is 2. The highest BCUT2D eigenvalue weighted by molar-refractivity contribution is 5.72. The Labute approximate surface area is 156 Å². The summed E-state index contributed by atoms with van der Waals surface area (Å²) in [7, 11) is 1.44. The molecule has 1 aliphatic carbocycles. The van der Waals surface area contributed by atoms with Crippen LogP contribution in [-0.2, 0) is 28.6 Å². The first-order chi connectivity index (χ1) is 12.3. The minimum absolute atomic E-state index is 0.0139. The monoisotopic (exact) mass is 371 g/mol. The topological polar surface area (TPSA) is 74.3 Å². The Morgan fingerprint density at radius 2 is 1.77 bits per heavy atom. The molecule has 0 aromatic carbocycles. The molecule has 0 spiro atoms. The fraction of sp³-hybridized carbons (Fsp3) is 0.895. The van der Waals surface area contributed by atoms with Crippen molar-refractivity contribution in [3.8, 4) is 0 Å². The van der Waals surface area contributed by atoms with Gasteiger partial charge in [-0.25, -0.2) is 4.79 Å². The van der Waals surface area contributed by atoms with Crippen LogP contribution in [0.1, 0.15) is 59.3 Å². The molecular formula is C19H33NO6. The van der Waals surface area contributed by atoms with Gasteiger partial charge < -0.3 is 14.2 Å². The Kier molecular flexibility index (Phi) is 7.85. The van der Waals surface area contributed by atoms with E-state index >= 15 is 0 Å². The quantitative estimate of drug-likeness (QED) is 0.637. The molecule has 0 aromatic rings. The fourth-order valence-corrected chi connectivity index (χ4v) is 3.53. The van der Waals surface area contributed by atoms with E-state index in [2.05, 4.69) is 0 Å². The zero-order chi connectivity index (χ0) is 19.2. The molecule has 2 aliphatic rings. The molecule has 1 heterocycles. The third-order valence-corrected chi connectivity index (χ3v) is 4.82. The van der Waals surface area contributed by atoms with Gasteiger partial charge in [0, 0.05) is 6.54 Å². The lowest BCUT2D eigenvalue weighted by Crippen LogP contribution is -2.38. The molecule has 0 bridgehead atoms. The molecule has 2 fully saturated rings. The van der Waals surface area contributed by atoms with Crippen molar-refractivity contribution in [1.29, 1.82) is 0 Å². The minimum Gasteiger partial charge on any atom is -0.469 e. The van der Waals surface area contributed by atoms with E-state index in [0.29, 0.717) is 6.61 Å². The van der Waals surface area contributed by atoms with Crippen LogP contribution in [-0.4, -0.2) is 61.6 Å². The van der Waals surface area contributed by atoms with E-state index in [-0.39, 0.29) is 36.6 Å². The zero-order valence-corrected chi connectivity index (χ0v) is 16.5. The molecule has 1 aliphatic heterocycles. The summed E-state index contributed by atoms with van der Waals surface area (Å²) in [6.07, 6.45) is 5.60. The first-order valence-electron chi connectivity index (χ1n) is 9.59. The van der Waals surface area contributed by atoms with Crippen molar-refractivity contribution < 1.29 is 28.6 Å². The molecule has 1 saturated carbocycles. The number of nitrogens with zero attached hydrogens (tertiary/aromatic N) is 1.